The van der Waals surface area contributed by atoms with Crippen molar-refractivity contribution in [3.8, 4) is 5.75 Å². The Hall–Kier alpha value is -1.59. The second-order valence-electron chi connectivity index (χ2n) is 7.00. The van der Waals surface area contributed by atoms with Gasteiger partial charge in [0.25, 0.3) is 5.91 Å². The molecule has 1 fully saturated rings. The molecule has 1 heterocycles. The first kappa shape index (κ1) is 18.7. The van der Waals surface area contributed by atoms with Crippen molar-refractivity contribution in [1.29, 1.82) is 0 Å². The molecule has 0 aromatic heterocycles. The number of nitrogens with zero attached hydrogens (tertiary/aromatic N) is 3. The van der Waals surface area contributed by atoms with Gasteiger partial charge in [0, 0.05) is 39.3 Å². The van der Waals surface area contributed by atoms with Crippen molar-refractivity contribution in [2.24, 2.45) is 0 Å². The van der Waals surface area contributed by atoms with Crippen LogP contribution in [-0.4, -0.2) is 80.1 Å². The topological polar surface area (TPSA) is 36.0 Å². The van der Waals surface area contributed by atoms with E-state index in [2.05, 4.69) is 30.0 Å². The number of benzene rings is 1. The maximum Gasteiger partial charge on any atom is 0.263 e. The Kier molecular flexibility index (Phi) is 6.63. The standard InChI is InChI=1S/C19H31N3O2/c1-15-6-7-16(2)18(14-15)24-17(3)19(23)22-12-10-21(11-13-22)9-8-20(4)5/h6-7,14,17H,8-13H2,1-5H3/t17-/m1/s1. The van der Waals surface area contributed by atoms with Crippen LogP contribution in [0.1, 0.15) is 18.1 Å². The van der Waals surface area contributed by atoms with E-state index in [1.165, 1.54) is 0 Å². The second kappa shape index (κ2) is 8.49. The Balaban J connectivity index is 1.85. The van der Waals surface area contributed by atoms with E-state index >= 15 is 0 Å². The van der Waals surface area contributed by atoms with Crippen molar-refractivity contribution in [3.05, 3.63) is 29.3 Å². The first-order chi connectivity index (χ1) is 11.4. The fourth-order valence-corrected chi connectivity index (χ4v) is 2.87. The molecule has 0 N–H and O–H groups in total. The lowest BCUT2D eigenvalue weighted by Gasteiger charge is -2.36. The minimum Gasteiger partial charge on any atom is -0.481 e. The number of likely N-dealkylation sites (N-methyl/N-ethyl adjacent to an activating group) is 1. The van der Waals surface area contributed by atoms with Gasteiger partial charge in [-0.2, -0.15) is 0 Å². The Bertz CT molecular complexity index is 552. The first-order valence-electron chi connectivity index (χ1n) is 8.76. The highest BCUT2D eigenvalue weighted by Crippen LogP contribution is 2.21. The third-order valence-electron chi connectivity index (χ3n) is 4.54. The van der Waals surface area contributed by atoms with E-state index in [0.29, 0.717) is 0 Å². The van der Waals surface area contributed by atoms with Crippen LogP contribution in [0.25, 0.3) is 0 Å². The van der Waals surface area contributed by atoms with Crippen LogP contribution in [0, 0.1) is 13.8 Å². The number of aryl methyl sites for hydroxylation is 2. The quantitative estimate of drug-likeness (QED) is 0.795. The molecule has 5 heteroatoms. The van der Waals surface area contributed by atoms with Gasteiger partial charge in [0.2, 0.25) is 0 Å². The molecule has 24 heavy (non-hydrogen) atoms. The van der Waals surface area contributed by atoms with Gasteiger partial charge in [0.15, 0.2) is 6.10 Å². The van der Waals surface area contributed by atoms with Crippen molar-refractivity contribution in [1.82, 2.24) is 14.7 Å². The number of hydrogen-bond acceptors (Lipinski definition) is 4. The number of ether oxygens (including phenoxy) is 1. The number of hydrogen-bond donors (Lipinski definition) is 0. The third kappa shape index (κ3) is 5.21. The van der Waals surface area contributed by atoms with Crippen LogP contribution in [0.15, 0.2) is 18.2 Å². The van der Waals surface area contributed by atoms with Crippen LogP contribution in [0.2, 0.25) is 0 Å². The van der Waals surface area contributed by atoms with Crippen LogP contribution in [0.5, 0.6) is 5.75 Å². The molecule has 1 aromatic carbocycles. The summed E-state index contributed by atoms with van der Waals surface area (Å²) >= 11 is 0. The van der Waals surface area contributed by atoms with E-state index in [-0.39, 0.29) is 5.91 Å². The van der Waals surface area contributed by atoms with E-state index in [9.17, 15) is 4.79 Å². The van der Waals surface area contributed by atoms with Crippen molar-refractivity contribution in [2.45, 2.75) is 26.9 Å². The van der Waals surface area contributed by atoms with E-state index < -0.39 is 6.10 Å². The molecule has 1 atom stereocenters. The molecule has 2 rings (SSSR count). The van der Waals surface area contributed by atoms with Crippen LogP contribution < -0.4 is 4.74 Å². The zero-order valence-electron chi connectivity index (χ0n) is 15.7. The SMILES string of the molecule is Cc1ccc(C)c(O[C@H](C)C(=O)N2CCN(CCN(C)C)CC2)c1. The van der Waals surface area contributed by atoms with Gasteiger partial charge in [-0.3, -0.25) is 9.69 Å². The predicted octanol–water partition coefficient (Wildman–Crippen LogP) is 1.78. The summed E-state index contributed by atoms with van der Waals surface area (Å²) < 4.78 is 5.94. The fraction of sp³-hybridized carbons (Fsp3) is 0.632. The highest BCUT2D eigenvalue weighted by molar-refractivity contribution is 5.81. The summed E-state index contributed by atoms with van der Waals surface area (Å²) in [6.07, 6.45) is -0.446. The summed E-state index contributed by atoms with van der Waals surface area (Å²) in [6.45, 7) is 11.5. The highest BCUT2D eigenvalue weighted by Gasteiger charge is 2.26. The Morgan fingerprint density at radius 1 is 1.21 bits per heavy atom. The maximum absolute atomic E-state index is 12.6. The van der Waals surface area contributed by atoms with E-state index in [1.807, 2.05) is 37.8 Å². The zero-order chi connectivity index (χ0) is 17.7. The van der Waals surface area contributed by atoms with Gasteiger partial charge in [0.1, 0.15) is 5.75 Å². The molecular weight excluding hydrogens is 302 g/mol. The summed E-state index contributed by atoms with van der Waals surface area (Å²) in [5.41, 5.74) is 2.21. The normalized spacial score (nSPS) is 17.2. The Labute approximate surface area is 146 Å². The molecule has 0 radical (unpaired) electrons. The Morgan fingerprint density at radius 3 is 2.50 bits per heavy atom. The lowest BCUT2D eigenvalue weighted by molar-refractivity contribution is -0.139. The molecule has 1 aliphatic rings. The summed E-state index contributed by atoms with van der Waals surface area (Å²) in [5, 5.41) is 0. The monoisotopic (exact) mass is 333 g/mol. The highest BCUT2D eigenvalue weighted by atomic mass is 16.5. The van der Waals surface area contributed by atoms with E-state index in [4.69, 9.17) is 4.74 Å². The molecule has 0 aliphatic carbocycles. The van der Waals surface area contributed by atoms with Crippen molar-refractivity contribution in [2.75, 3.05) is 53.4 Å². The smallest absolute Gasteiger partial charge is 0.263 e. The van der Waals surface area contributed by atoms with Gasteiger partial charge >= 0.3 is 0 Å². The van der Waals surface area contributed by atoms with Crippen LogP contribution in [-0.2, 0) is 4.79 Å². The Morgan fingerprint density at radius 2 is 1.88 bits per heavy atom. The summed E-state index contributed by atoms with van der Waals surface area (Å²) in [6, 6.07) is 6.09. The first-order valence-corrected chi connectivity index (χ1v) is 8.76. The summed E-state index contributed by atoms with van der Waals surface area (Å²) in [5.74, 6) is 0.892. The van der Waals surface area contributed by atoms with E-state index in [0.717, 1.165) is 56.1 Å². The lowest BCUT2D eigenvalue weighted by Crippen LogP contribution is -2.52. The lowest BCUT2D eigenvalue weighted by atomic mass is 10.1. The average molecular weight is 333 g/mol. The molecule has 1 aliphatic heterocycles. The van der Waals surface area contributed by atoms with Gasteiger partial charge in [-0.1, -0.05) is 12.1 Å². The molecule has 1 amide bonds. The molecule has 0 bridgehead atoms. The molecule has 0 spiro atoms. The molecular formula is C19H31N3O2. The van der Waals surface area contributed by atoms with Gasteiger partial charge in [-0.05, 0) is 52.1 Å². The van der Waals surface area contributed by atoms with Gasteiger partial charge < -0.3 is 14.5 Å². The average Bonchev–Trinajstić information content (AvgIpc) is 2.56. The number of rotatable bonds is 6. The number of carbonyl (C=O) groups is 1. The second-order valence-corrected chi connectivity index (χ2v) is 7.00. The molecule has 1 aromatic rings. The number of amides is 1. The summed E-state index contributed by atoms with van der Waals surface area (Å²) in [4.78, 5) is 19.2. The molecule has 134 valence electrons. The van der Waals surface area contributed by atoms with Gasteiger partial charge in [-0.15, -0.1) is 0 Å². The van der Waals surface area contributed by atoms with Crippen molar-refractivity contribution >= 4 is 5.91 Å². The molecule has 1 saturated heterocycles. The molecule has 0 saturated carbocycles. The number of carbonyl (C=O) groups excluding carboxylic acids is 1. The van der Waals surface area contributed by atoms with Gasteiger partial charge in [0.05, 0.1) is 0 Å². The molecule has 5 nitrogen and oxygen atoms in total. The largest absolute Gasteiger partial charge is 0.481 e. The maximum atomic E-state index is 12.6. The predicted molar refractivity (Wildman–Crippen MR) is 97.6 cm³/mol. The third-order valence-corrected chi connectivity index (χ3v) is 4.54. The minimum atomic E-state index is -0.446. The number of piperazine rings is 1. The van der Waals surface area contributed by atoms with Crippen LogP contribution >= 0.6 is 0 Å². The molecule has 0 unspecified atom stereocenters. The van der Waals surface area contributed by atoms with Gasteiger partial charge in [-0.25, -0.2) is 0 Å². The minimum absolute atomic E-state index is 0.0863. The van der Waals surface area contributed by atoms with Crippen molar-refractivity contribution in [3.63, 3.8) is 0 Å². The summed E-state index contributed by atoms with van der Waals surface area (Å²) in [7, 11) is 4.18. The van der Waals surface area contributed by atoms with Crippen LogP contribution in [0.3, 0.4) is 0 Å². The zero-order valence-corrected chi connectivity index (χ0v) is 15.7. The van der Waals surface area contributed by atoms with Crippen LogP contribution in [0.4, 0.5) is 0 Å². The van der Waals surface area contributed by atoms with E-state index in [1.54, 1.807) is 0 Å². The fourth-order valence-electron chi connectivity index (χ4n) is 2.87. The van der Waals surface area contributed by atoms with Crippen molar-refractivity contribution < 1.29 is 9.53 Å².